The number of nitrogens with zero attached hydrogens (tertiary/aromatic N) is 3. The molecule has 3 heterocycles. The zero-order valence-electron chi connectivity index (χ0n) is 16.9. The third kappa shape index (κ3) is 3.27. The minimum Gasteiger partial charge on any atom is -0.383 e. The van der Waals surface area contributed by atoms with Gasteiger partial charge in [-0.2, -0.15) is 5.10 Å². The minimum atomic E-state index is -0.862. The maximum absolute atomic E-state index is 11.6. The van der Waals surface area contributed by atoms with E-state index in [1.54, 1.807) is 10.9 Å². The van der Waals surface area contributed by atoms with E-state index in [1.807, 2.05) is 49.5 Å². The molecule has 6 heteroatoms. The van der Waals surface area contributed by atoms with Gasteiger partial charge in [-0.15, -0.1) is 0 Å². The average molecular weight is 442 g/mol. The number of aryl methyl sites for hydroxylation is 1. The van der Waals surface area contributed by atoms with Gasteiger partial charge in [0.15, 0.2) is 0 Å². The van der Waals surface area contributed by atoms with Crippen molar-refractivity contribution >= 4 is 23.2 Å². The minimum absolute atomic E-state index is 0.0408. The monoisotopic (exact) mass is 441 g/mol. The second-order valence-electron chi connectivity index (χ2n) is 8.56. The molecule has 0 amide bonds. The molecular weight excluding hydrogens is 417 g/mol. The van der Waals surface area contributed by atoms with Gasteiger partial charge in [0.1, 0.15) is 5.60 Å². The van der Waals surface area contributed by atoms with Crippen molar-refractivity contribution in [2.24, 2.45) is 7.05 Å². The molecule has 30 heavy (non-hydrogen) atoms. The summed E-state index contributed by atoms with van der Waals surface area (Å²) in [5.74, 6) is 0. The molecular formula is C24H25Cl2N3O. The van der Waals surface area contributed by atoms with E-state index in [1.165, 1.54) is 0 Å². The zero-order chi connectivity index (χ0) is 20.9. The van der Waals surface area contributed by atoms with Crippen LogP contribution in [0, 0.1) is 0 Å². The molecule has 2 aromatic carbocycles. The van der Waals surface area contributed by atoms with Gasteiger partial charge < -0.3 is 5.11 Å². The van der Waals surface area contributed by atoms with Crippen molar-refractivity contribution in [2.75, 3.05) is 0 Å². The Balaban J connectivity index is 1.58. The summed E-state index contributed by atoms with van der Waals surface area (Å²) in [7, 11) is 1.90. The molecule has 0 spiro atoms. The summed E-state index contributed by atoms with van der Waals surface area (Å²) in [5.41, 5.74) is 2.16. The second kappa shape index (κ2) is 7.69. The van der Waals surface area contributed by atoms with Gasteiger partial charge in [-0.05, 0) is 55.0 Å². The topological polar surface area (TPSA) is 41.3 Å². The smallest absolute Gasteiger partial charge is 0.109 e. The standard InChI is InChI=1S/C24H25Cl2N3O/c1-28-22(12-13-27-28)24(30)14-16-10-11-17(15-24)29(16)23(18-6-2-4-8-20(18)25)19-7-3-5-9-21(19)26/h2-9,12-13,16-17,23,30H,10-11,14-15H2,1H3. The molecule has 0 saturated carbocycles. The van der Waals surface area contributed by atoms with Crippen LogP contribution in [-0.2, 0) is 12.6 Å². The lowest BCUT2D eigenvalue weighted by Crippen LogP contribution is -2.51. The fraction of sp³-hybridized carbons (Fsp3) is 0.375. The van der Waals surface area contributed by atoms with Gasteiger partial charge in [-0.3, -0.25) is 9.58 Å². The summed E-state index contributed by atoms with van der Waals surface area (Å²) in [5, 5.41) is 17.4. The van der Waals surface area contributed by atoms with E-state index in [0.29, 0.717) is 12.8 Å². The number of hydrogen-bond acceptors (Lipinski definition) is 3. The first-order valence-corrected chi connectivity index (χ1v) is 11.2. The van der Waals surface area contributed by atoms with Crippen LogP contribution in [0.1, 0.15) is 48.5 Å². The van der Waals surface area contributed by atoms with Gasteiger partial charge in [-0.25, -0.2) is 0 Å². The van der Waals surface area contributed by atoms with Crippen molar-refractivity contribution in [2.45, 2.75) is 49.4 Å². The van der Waals surface area contributed by atoms with E-state index >= 15 is 0 Å². The SMILES string of the molecule is Cn1nccc1C1(O)CC2CCC(C1)N2C(c1ccccc1Cl)c1ccccc1Cl. The van der Waals surface area contributed by atoms with Crippen LogP contribution < -0.4 is 0 Å². The van der Waals surface area contributed by atoms with Gasteiger partial charge in [0.25, 0.3) is 0 Å². The normalized spacial score (nSPS) is 26.4. The average Bonchev–Trinajstić information content (AvgIpc) is 3.27. The van der Waals surface area contributed by atoms with Gasteiger partial charge in [0, 0.05) is 35.4 Å². The van der Waals surface area contributed by atoms with E-state index in [4.69, 9.17) is 23.2 Å². The molecule has 3 aromatic rings. The highest BCUT2D eigenvalue weighted by atomic mass is 35.5. The number of rotatable bonds is 4. The van der Waals surface area contributed by atoms with Crippen LogP contribution in [0.3, 0.4) is 0 Å². The van der Waals surface area contributed by atoms with Crippen LogP contribution in [0.5, 0.6) is 0 Å². The summed E-state index contributed by atoms with van der Waals surface area (Å²) in [4.78, 5) is 2.55. The molecule has 1 aromatic heterocycles. The van der Waals surface area contributed by atoms with Crippen LogP contribution in [-0.4, -0.2) is 31.9 Å². The Morgan fingerprint density at radius 3 is 1.93 bits per heavy atom. The molecule has 2 atom stereocenters. The molecule has 156 valence electrons. The highest BCUT2D eigenvalue weighted by Gasteiger charge is 2.52. The number of aliphatic hydroxyl groups is 1. The molecule has 2 aliphatic rings. The number of aromatic nitrogens is 2. The summed E-state index contributed by atoms with van der Waals surface area (Å²) < 4.78 is 1.80. The summed E-state index contributed by atoms with van der Waals surface area (Å²) >= 11 is 13.4. The van der Waals surface area contributed by atoms with Crippen LogP contribution in [0.4, 0.5) is 0 Å². The van der Waals surface area contributed by atoms with E-state index < -0.39 is 5.60 Å². The van der Waals surface area contributed by atoms with E-state index in [-0.39, 0.29) is 18.1 Å². The van der Waals surface area contributed by atoms with Crippen molar-refractivity contribution < 1.29 is 5.11 Å². The summed E-state index contributed by atoms with van der Waals surface area (Å²) in [6, 6.07) is 18.4. The van der Waals surface area contributed by atoms with Crippen LogP contribution >= 0.6 is 23.2 Å². The molecule has 2 fully saturated rings. The third-order valence-electron chi connectivity index (χ3n) is 6.82. The van der Waals surface area contributed by atoms with Crippen LogP contribution in [0.2, 0.25) is 10.0 Å². The zero-order valence-corrected chi connectivity index (χ0v) is 18.4. The molecule has 0 aliphatic carbocycles. The van der Waals surface area contributed by atoms with Crippen LogP contribution in [0.25, 0.3) is 0 Å². The van der Waals surface area contributed by atoms with E-state index in [9.17, 15) is 5.11 Å². The molecule has 5 rings (SSSR count). The number of fused-ring (bicyclic) bond motifs is 2. The Morgan fingerprint density at radius 2 is 1.47 bits per heavy atom. The van der Waals surface area contributed by atoms with Gasteiger partial charge in [0.2, 0.25) is 0 Å². The first kappa shape index (κ1) is 20.1. The highest BCUT2D eigenvalue weighted by molar-refractivity contribution is 6.32. The molecule has 1 N–H and O–H groups in total. The van der Waals surface area contributed by atoms with E-state index in [2.05, 4.69) is 22.1 Å². The number of halogens is 2. The summed E-state index contributed by atoms with van der Waals surface area (Å²) in [6.45, 7) is 0. The van der Waals surface area contributed by atoms with Gasteiger partial charge >= 0.3 is 0 Å². The Labute approximate surface area is 187 Å². The first-order valence-electron chi connectivity index (χ1n) is 10.4. The molecule has 2 aliphatic heterocycles. The van der Waals surface area contributed by atoms with Crippen molar-refractivity contribution in [1.82, 2.24) is 14.7 Å². The number of hydrogen-bond donors (Lipinski definition) is 1. The maximum atomic E-state index is 11.6. The Bertz CT molecular complexity index is 1010. The lowest BCUT2D eigenvalue weighted by molar-refractivity contribution is -0.0704. The highest BCUT2D eigenvalue weighted by Crippen LogP contribution is 2.51. The number of piperidine rings is 1. The Hall–Kier alpha value is -1.85. The Morgan fingerprint density at radius 1 is 0.933 bits per heavy atom. The maximum Gasteiger partial charge on any atom is 0.109 e. The second-order valence-corrected chi connectivity index (χ2v) is 9.37. The Kier molecular flexibility index (Phi) is 5.14. The largest absolute Gasteiger partial charge is 0.383 e. The van der Waals surface area contributed by atoms with Crippen molar-refractivity contribution in [1.29, 1.82) is 0 Å². The van der Waals surface area contributed by atoms with Crippen molar-refractivity contribution in [3.8, 4) is 0 Å². The molecule has 2 saturated heterocycles. The fourth-order valence-electron chi connectivity index (χ4n) is 5.60. The third-order valence-corrected chi connectivity index (χ3v) is 7.51. The van der Waals surface area contributed by atoms with Gasteiger partial charge in [-0.1, -0.05) is 59.6 Å². The quantitative estimate of drug-likeness (QED) is 0.594. The van der Waals surface area contributed by atoms with Crippen molar-refractivity contribution in [3.05, 3.63) is 87.7 Å². The van der Waals surface area contributed by atoms with Crippen molar-refractivity contribution in [3.63, 3.8) is 0 Å². The van der Waals surface area contributed by atoms with Gasteiger partial charge in [0.05, 0.1) is 11.7 Å². The molecule has 2 bridgehead atoms. The predicted octanol–water partition coefficient (Wildman–Crippen LogP) is 5.33. The van der Waals surface area contributed by atoms with Crippen LogP contribution in [0.15, 0.2) is 60.8 Å². The lowest BCUT2D eigenvalue weighted by atomic mass is 9.81. The molecule has 4 nitrogen and oxygen atoms in total. The predicted molar refractivity (Wildman–Crippen MR) is 120 cm³/mol. The number of benzene rings is 2. The molecule has 2 unspecified atom stereocenters. The lowest BCUT2D eigenvalue weighted by Gasteiger charge is -2.47. The summed E-state index contributed by atoms with van der Waals surface area (Å²) in [6.07, 6.45) is 5.22. The molecule has 0 radical (unpaired) electrons. The first-order chi connectivity index (χ1) is 14.5. The van der Waals surface area contributed by atoms with E-state index in [0.717, 1.165) is 39.7 Å². The fourth-order valence-corrected chi connectivity index (χ4v) is 6.08.